The molecular weight excluding hydrogens is 320 g/mol. The van der Waals surface area contributed by atoms with E-state index in [1.54, 1.807) is 0 Å². The highest BCUT2D eigenvalue weighted by molar-refractivity contribution is 4.98. The molecule has 23 heavy (non-hydrogen) atoms. The van der Waals surface area contributed by atoms with Crippen molar-refractivity contribution in [3.05, 3.63) is 0 Å². The van der Waals surface area contributed by atoms with Gasteiger partial charge in [-0.2, -0.15) is 0 Å². The van der Waals surface area contributed by atoms with Gasteiger partial charge in [-0.25, -0.2) is 0 Å². The van der Waals surface area contributed by atoms with Crippen molar-refractivity contribution in [2.45, 2.75) is 54.8 Å². The monoisotopic (exact) mass is 342 g/mol. The van der Waals surface area contributed by atoms with E-state index in [0.717, 1.165) is 0 Å². The average molecular weight is 342 g/mol. The fourth-order valence-corrected chi connectivity index (χ4v) is 2.63. The minimum Gasteiger partial charge on any atom is -0.394 e. The molecule has 0 saturated carbocycles. The van der Waals surface area contributed by atoms with Crippen molar-refractivity contribution < 1.29 is 55.1 Å². The first kappa shape index (κ1) is 18.9. The molecule has 0 aliphatic carbocycles. The third-order valence-corrected chi connectivity index (χ3v) is 4.04. The van der Waals surface area contributed by atoms with Gasteiger partial charge in [0.1, 0.15) is 42.7 Å². The summed E-state index contributed by atoms with van der Waals surface area (Å²) in [7, 11) is 0. The Morgan fingerprint density at radius 3 is 2.00 bits per heavy atom. The molecule has 9 atom stereocenters. The Kier molecular flexibility index (Phi) is 5.92. The van der Waals surface area contributed by atoms with Crippen LogP contribution in [-0.2, 0) is 14.2 Å². The third-order valence-electron chi connectivity index (χ3n) is 4.04. The first-order chi connectivity index (χ1) is 10.8. The Labute approximate surface area is 130 Å². The van der Waals surface area contributed by atoms with Crippen molar-refractivity contribution >= 4 is 0 Å². The number of aliphatic hydroxyl groups excluding tert-OH is 7. The maximum absolute atomic E-state index is 10.00. The number of aliphatic hydroxyl groups is 8. The van der Waals surface area contributed by atoms with Gasteiger partial charge >= 0.3 is 0 Å². The zero-order valence-corrected chi connectivity index (χ0v) is 12.0. The first-order valence-electron chi connectivity index (χ1n) is 7.05. The molecule has 8 N–H and O–H groups in total. The summed E-state index contributed by atoms with van der Waals surface area (Å²) in [4.78, 5) is 0. The molecule has 0 spiro atoms. The molecule has 136 valence electrons. The van der Waals surface area contributed by atoms with Gasteiger partial charge in [0.15, 0.2) is 6.29 Å². The van der Waals surface area contributed by atoms with Crippen LogP contribution in [0.2, 0.25) is 0 Å². The lowest BCUT2D eigenvalue weighted by Gasteiger charge is -2.41. The number of rotatable bonds is 5. The van der Waals surface area contributed by atoms with E-state index < -0.39 is 74.6 Å². The molecule has 11 nitrogen and oxygen atoms in total. The van der Waals surface area contributed by atoms with E-state index in [9.17, 15) is 30.6 Å². The summed E-state index contributed by atoms with van der Waals surface area (Å²) in [5.74, 6) is -2.37. The fraction of sp³-hybridized carbons (Fsp3) is 1.00. The predicted molar refractivity (Wildman–Crippen MR) is 68.6 cm³/mol. The van der Waals surface area contributed by atoms with Crippen molar-refractivity contribution in [3.8, 4) is 0 Å². The second kappa shape index (κ2) is 7.21. The zero-order chi connectivity index (χ0) is 17.4. The summed E-state index contributed by atoms with van der Waals surface area (Å²) in [6.07, 6.45) is -12.2. The molecule has 0 unspecified atom stereocenters. The van der Waals surface area contributed by atoms with E-state index in [1.807, 2.05) is 0 Å². The molecule has 0 radical (unpaired) electrons. The second-order valence-corrected chi connectivity index (χ2v) is 5.58. The predicted octanol–water partition coefficient (Wildman–Crippen LogP) is -5.40. The SMILES string of the molecule is OC[C@H]1O[C@@H](O[C@@H]2[C@@H](CO)O[C@](O)(CO)[C@H]2O)[C@H](O)[C@@H](O)[C@@H]1O. The third kappa shape index (κ3) is 3.36. The maximum Gasteiger partial charge on any atom is 0.219 e. The van der Waals surface area contributed by atoms with Crippen LogP contribution in [-0.4, -0.2) is 115 Å². The molecule has 0 aromatic rings. The molecule has 2 aliphatic heterocycles. The minimum absolute atomic E-state index is 0.668. The van der Waals surface area contributed by atoms with Gasteiger partial charge in [0.25, 0.3) is 0 Å². The van der Waals surface area contributed by atoms with Crippen LogP contribution in [0.25, 0.3) is 0 Å². The Bertz CT molecular complexity index is 393. The maximum atomic E-state index is 10.00. The van der Waals surface area contributed by atoms with E-state index >= 15 is 0 Å². The molecule has 0 aromatic carbocycles. The van der Waals surface area contributed by atoms with Crippen molar-refractivity contribution in [1.82, 2.24) is 0 Å². The second-order valence-electron chi connectivity index (χ2n) is 5.58. The molecule has 0 amide bonds. The van der Waals surface area contributed by atoms with Crippen LogP contribution >= 0.6 is 0 Å². The first-order valence-corrected chi connectivity index (χ1v) is 7.05. The summed E-state index contributed by atoms with van der Waals surface area (Å²) in [5.41, 5.74) is 0. The number of ether oxygens (including phenoxy) is 3. The van der Waals surface area contributed by atoms with E-state index in [0.29, 0.717) is 0 Å². The van der Waals surface area contributed by atoms with Crippen molar-refractivity contribution in [2.24, 2.45) is 0 Å². The van der Waals surface area contributed by atoms with E-state index in [-0.39, 0.29) is 0 Å². The van der Waals surface area contributed by atoms with Gasteiger partial charge in [-0.1, -0.05) is 0 Å². The van der Waals surface area contributed by atoms with E-state index in [4.69, 9.17) is 24.4 Å². The van der Waals surface area contributed by atoms with E-state index in [1.165, 1.54) is 0 Å². The van der Waals surface area contributed by atoms with Crippen molar-refractivity contribution in [1.29, 1.82) is 0 Å². The highest BCUT2D eigenvalue weighted by Gasteiger charge is 2.56. The minimum atomic E-state index is -2.37. The molecular formula is C12H22O11. The standard InChI is InChI=1S/C12H22O11/c13-1-4-6(16)7(17)8(18)11(21-4)22-9-5(2-14)23-12(20,3-15)10(9)19/h4-11,13-20H,1-3H2/t4-,5-,6-,7+,8-,9-,10+,11+,12-/m1/s1. The normalized spacial score (nSPS) is 51.1. The van der Waals surface area contributed by atoms with Gasteiger partial charge in [0.2, 0.25) is 5.79 Å². The summed E-state index contributed by atoms with van der Waals surface area (Å²) < 4.78 is 15.3. The van der Waals surface area contributed by atoms with Gasteiger partial charge in [-0.15, -0.1) is 0 Å². The van der Waals surface area contributed by atoms with Crippen LogP contribution in [0.15, 0.2) is 0 Å². The highest BCUT2D eigenvalue weighted by Crippen LogP contribution is 2.33. The number of hydrogen-bond acceptors (Lipinski definition) is 11. The lowest BCUT2D eigenvalue weighted by Crippen LogP contribution is -2.60. The molecule has 11 heteroatoms. The van der Waals surface area contributed by atoms with Crippen LogP contribution in [0.1, 0.15) is 0 Å². The van der Waals surface area contributed by atoms with Gasteiger partial charge < -0.3 is 55.1 Å². The topological polar surface area (TPSA) is 190 Å². The van der Waals surface area contributed by atoms with E-state index in [2.05, 4.69) is 0 Å². The van der Waals surface area contributed by atoms with Crippen LogP contribution in [0.5, 0.6) is 0 Å². The van der Waals surface area contributed by atoms with Gasteiger partial charge in [-0.3, -0.25) is 0 Å². The zero-order valence-electron chi connectivity index (χ0n) is 12.0. The number of hydrogen-bond donors (Lipinski definition) is 8. The summed E-state index contributed by atoms with van der Waals surface area (Å²) in [6.45, 7) is -2.32. The Morgan fingerprint density at radius 1 is 0.870 bits per heavy atom. The lowest BCUT2D eigenvalue weighted by atomic mass is 9.99. The molecule has 0 aromatic heterocycles. The Hall–Kier alpha value is -0.440. The van der Waals surface area contributed by atoms with Crippen LogP contribution < -0.4 is 0 Å². The highest BCUT2D eigenvalue weighted by atomic mass is 16.7. The molecule has 2 aliphatic rings. The fourth-order valence-electron chi connectivity index (χ4n) is 2.63. The molecule has 2 fully saturated rings. The van der Waals surface area contributed by atoms with Crippen LogP contribution in [0.4, 0.5) is 0 Å². The van der Waals surface area contributed by atoms with Gasteiger partial charge in [0, 0.05) is 0 Å². The van der Waals surface area contributed by atoms with Crippen molar-refractivity contribution in [3.63, 3.8) is 0 Å². The summed E-state index contributed by atoms with van der Waals surface area (Å²) >= 11 is 0. The van der Waals surface area contributed by atoms with Crippen LogP contribution in [0.3, 0.4) is 0 Å². The van der Waals surface area contributed by atoms with Gasteiger partial charge in [-0.05, 0) is 0 Å². The molecule has 0 bridgehead atoms. The largest absolute Gasteiger partial charge is 0.394 e. The molecule has 2 heterocycles. The average Bonchev–Trinajstić information content (AvgIpc) is 2.80. The summed E-state index contributed by atoms with van der Waals surface area (Å²) in [5, 5.41) is 76.5. The van der Waals surface area contributed by atoms with Crippen molar-refractivity contribution in [2.75, 3.05) is 19.8 Å². The smallest absolute Gasteiger partial charge is 0.219 e. The quantitative estimate of drug-likeness (QED) is 0.238. The molecule has 2 rings (SSSR count). The Balaban J connectivity index is 2.13. The lowest BCUT2D eigenvalue weighted by molar-refractivity contribution is -0.318. The molecule has 2 saturated heterocycles. The van der Waals surface area contributed by atoms with Gasteiger partial charge in [0.05, 0.1) is 19.8 Å². The Morgan fingerprint density at radius 2 is 1.48 bits per heavy atom. The summed E-state index contributed by atoms with van der Waals surface area (Å²) in [6, 6.07) is 0. The van der Waals surface area contributed by atoms with Crippen LogP contribution in [0, 0.1) is 0 Å².